The number of hydrogen-bond acceptors (Lipinski definition) is 3. The van der Waals surface area contributed by atoms with E-state index in [0.717, 1.165) is 0 Å². The van der Waals surface area contributed by atoms with Gasteiger partial charge in [0.05, 0.1) is 6.04 Å². The summed E-state index contributed by atoms with van der Waals surface area (Å²) in [5.41, 5.74) is 6.16. The lowest BCUT2D eigenvalue weighted by atomic mass is 10.1. The highest BCUT2D eigenvalue weighted by atomic mass is 35.5. The summed E-state index contributed by atoms with van der Waals surface area (Å²) in [4.78, 5) is 15.3. The largest absolute Gasteiger partial charge is 0.321 e. The topological polar surface area (TPSA) is 56.0 Å². The summed E-state index contributed by atoms with van der Waals surface area (Å²) < 4.78 is 0. The molecule has 0 saturated heterocycles. The Morgan fingerprint density at radius 3 is 2.64 bits per heavy atom. The summed E-state index contributed by atoms with van der Waals surface area (Å²) in [7, 11) is 0. The van der Waals surface area contributed by atoms with E-state index in [9.17, 15) is 4.79 Å². The van der Waals surface area contributed by atoms with Crippen LogP contribution in [0.1, 0.15) is 23.7 Å². The lowest BCUT2D eigenvalue weighted by molar-refractivity contribution is 0.0959. The maximum absolute atomic E-state index is 11.4. The van der Waals surface area contributed by atoms with E-state index in [2.05, 4.69) is 4.98 Å². The van der Waals surface area contributed by atoms with Crippen molar-refractivity contribution < 1.29 is 4.79 Å². The normalized spacial score (nSPS) is 10.7. The van der Waals surface area contributed by atoms with Gasteiger partial charge < -0.3 is 5.73 Å². The van der Waals surface area contributed by atoms with Crippen molar-refractivity contribution in [1.82, 2.24) is 4.98 Å². The molecule has 0 fully saturated rings. The zero-order valence-corrected chi connectivity index (χ0v) is 9.48. The van der Waals surface area contributed by atoms with Crippen molar-refractivity contribution in [2.24, 2.45) is 5.73 Å². The number of nitrogens with zero attached hydrogens (tertiary/aromatic N) is 1. The van der Waals surface area contributed by atoms with Crippen LogP contribution in [0.2, 0.25) is 0 Å². The second-order valence-electron chi connectivity index (χ2n) is 2.62. The SMILES string of the molecule is CCC(N)C(=O)c1cccnc1.Cl.Cl. The molecule has 3 nitrogen and oxygen atoms in total. The number of hydrogen-bond donors (Lipinski definition) is 1. The van der Waals surface area contributed by atoms with Crippen LogP contribution in [-0.4, -0.2) is 16.8 Å². The molecule has 0 spiro atoms. The third kappa shape index (κ3) is 4.05. The second kappa shape index (κ2) is 7.74. The van der Waals surface area contributed by atoms with Crippen molar-refractivity contribution in [2.75, 3.05) is 0 Å². The first-order valence-corrected chi connectivity index (χ1v) is 3.95. The van der Waals surface area contributed by atoms with E-state index >= 15 is 0 Å². The smallest absolute Gasteiger partial charge is 0.181 e. The van der Waals surface area contributed by atoms with Gasteiger partial charge in [0.25, 0.3) is 0 Å². The number of aromatic nitrogens is 1. The first kappa shape index (κ1) is 15.8. The van der Waals surface area contributed by atoms with Crippen LogP contribution >= 0.6 is 24.8 Å². The Bertz CT molecular complexity index is 267. The van der Waals surface area contributed by atoms with Gasteiger partial charge in [-0.3, -0.25) is 9.78 Å². The van der Waals surface area contributed by atoms with Crippen LogP contribution in [0.4, 0.5) is 0 Å². The zero-order valence-electron chi connectivity index (χ0n) is 7.84. The van der Waals surface area contributed by atoms with E-state index in [1.54, 1.807) is 18.3 Å². The number of carbonyl (C=O) groups is 1. The van der Waals surface area contributed by atoms with Gasteiger partial charge >= 0.3 is 0 Å². The monoisotopic (exact) mass is 236 g/mol. The number of halogens is 2. The maximum Gasteiger partial charge on any atom is 0.181 e. The van der Waals surface area contributed by atoms with Gasteiger partial charge in [0.2, 0.25) is 0 Å². The fourth-order valence-corrected chi connectivity index (χ4v) is 0.908. The van der Waals surface area contributed by atoms with Gasteiger partial charge in [-0.1, -0.05) is 6.92 Å². The molecular formula is C9H14Cl2N2O. The fourth-order valence-electron chi connectivity index (χ4n) is 0.908. The van der Waals surface area contributed by atoms with Crippen molar-refractivity contribution in [2.45, 2.75) is 19.4 Å². The summed E-state index contributed by atoms with van der Waals surface area (Å²) in [6, 6.07) is 3.06. The molecular weight excluding hydrogens is 223 g/mol. The molecule has 1 aromatic rings. The summed E-state index contributed by atoms with van der Waals surface area (Å²) in [6.45, 7) is 1.89. The van der Waals surface area contributed by atoms with Crippen molar-refractivity contribution in [1.29, 1.82) is 0 Å². The minimum Gasteiger partial charge on any atom is -0.321 e. The predicted molar refractivity (Wildman–Crippen MR) is 61.3 cm³/mol. The minimum absolute atomic E-state index is 0. The van der Waals surface area contributed by atoms with E-state index in [4.69, 9.17) is 5.73 Å². The zero-order chi connectivity index (χ0) is 8.97. The first-order valence-electron chi connectivity index (χ1n) is 3.95. The quantitative estimate of drug-likeness (QED) is 0.816. The third-order valence-electron chi connectivity index (χ3n) is 1.72. The van der Waals surface area contributed by atoms with Crippen molar-refractivity contribution in [3.8, 4) is 0 Å². The lowest BCUT2D eigenvalue weighted by Gasteiger charge is -2.05. The van der Waals surface area contributed by atoms with E-state index in [1.807, 2.05) is 6.92 Å². The first-order chi connectivity index (χ1) is 5.75. The van der Waals surface area contributed by atoms with E-state index in [-0.39, 0.29) is 30.6 Å². The molecule has 0 aromatic carbocycles. The van der Waals surface area contributed by atoms with Crippen LogP contribution in [0.25, 0.3) is 0 Å². The van der Waals surface area contributed by atoms with Gasteiger partial charge in [-0.05, 0) is 18.6 Å². The Morgan fingerprint density at radius 2 is 2.21 bits per heavy atom. The van der Waals surface area contributed by atoms with E-state index in [1.165, 1.54) is 6.20 Å². The lowest BCUT2D eigenvalue weighted by Crippen LogP contribution is -2.29. The van der Waals surface area contributed by atoms with Gasteiger partial charge in [-0.2, -0.15) is 0 Å². The highest BCUT2D eigenvalue weighted by molar-refractivity contribution is 5.99. The molecule has 0 saturated carbocycles. The van der Waals surface area contributed by atoms with Gasteiger partial charge in [-0.25, -0.2) is 0 Å². The molecule has 14 heavy (non-hydrogen) atoms. The molecule has 5 heteroatoms. The molecule has 1 unspecified atom stereocenters. The van der Waals surface area contributed by atoms with Crippen LogP contribution in [-0.2, 0) is 0 Å². The Balaban J connectivity index is 0. The molecule has 0 aliphatic heterocycles. The predicted octanol–water partition coefficient (Wildman–Crippen LogP) is 1.85. The summed E-state index contributed by atoms with van der Waals surface area (Å²) >= 11 is 0. The Kier molecular flexibility index (Phi) is 8.74. The van der Waals surface area contributed by atoms with E-state index in [0.29, 0.717) is 12.0 Å². The number of ketones is 1. The standard InChI is InChI=1S/C9H12N2O.2ClH/c1-2-8(10)9(12)7-4-3-5-11-6-7;;/h3-6,8H,2,10H2,1H3;2*1H. The van der Waals surface area contributed by atoms with E-state index < -0.39 is 6.04 Å². The molecule has 1 rings (SSSR count). The van der Waals surface area contributed by atoms with Crippen molar-refractivity contribution in [3.63, 3.8) is 0 Å². The highest BCUT2D eigenvalue weighted by Crippen LogP contribution is 2.01. The van der Waals surface area contributed by atoms with Crippen LogP contribution in [0.3, 0.4) is 0 Å². The van der Waals surface area contributed by atoms with Gasteiger partial charge in [0.15, 0.2) is 5.78 Å². The molecule has 0 radical (unpaired) electrons. The van der Waals surface area contributed by atoms with Crippen LogP contribution in [0.5, 0.6) is 0 Å². The average molecular weight is 237 g/mol. The molecule has 1 atom stereocenters. The Labute approximate surface area is 95.9 Å². The number of nitrogens with two attached hydrogens (primary N) is 1. The highest BCUT2D eigenvalue weighted by Gasteiger charge is 2.12. The van der Waals surface area contributed by atoms with Gasteiger partial charge in [-0.15, -0.1) is 24.8 Å². The summed E-state index contributed by atoms with van der Waals surface area (Å²) in [5, 5.41) is 0. The number of carbonyl (C=O) groups excluding carboxylic acids is 1. The molecule has 2 N–H and O–H groups in total. The molecule has 1 aromatic heterocycles. The molecule has 1 heterocycles. The van der Waals surface area contributed by atoms with Crippen molar-refractivity contribution >= 4 is 30.6 Å². The third-order valence-corrected chi connectivity index (χ3v) is 1.72. The fraction of sp³-hybridized carbons (Fsp3) is 0.333. The minimum atomic E-state index is -0.394. The molecule has 0 aliphatic carbocycles. The van der Waals surface area contributed by atoms with Crippen LogP contribution in [0, 0.1) is 0 Å². The number of rotatable bonds is 3. The summed E-state index contributed by atoms with van der Waals surface area (Å²) in [5.74, 6) is -0.0365. The van der Waals surface area contributed by atoms with Crippen molar-refractivity contribution in [3.05, 3.63) is 30.1 Å². The molecule has 0 amide bonds. The molecule has 0 bridgehead atoms. The van der Waals surface area contributed by atoms with Gasteiger partial charge in [0, 0.05) is 18.0 Å². The number of Topliss-reactive ketones (excluding diaryl/α,β-unsaturated/α-hetero) is 1. The molecule has 80 valence electrons. The average Bonchev–Trinajstić information content (AvgIpc) is 2.17. The number of pyridine rings is 1. The second-order valence-corrected chi connectivity index (χ2v) is 2.62. The Morgan fingerprint density at radius 1 is 1.57 bits per heavy atom. The van der Waals surface area contributed by atoms with Crippen LogP contribution in [0.15, 0.2) is 24.5 Å². The molecule has 0 aliphatic rings. The maximum atomic E-state index is 11.4. The van der Waals surface area contributed by atoms with Gasteiger partial charge in [0.1, 0.15) is 0 Å². The summed E-state index contributed by atoms with van der Waals surface area (Å²) in [6.07, 6.45) is 3.83. The Hall–Kier alpha value is -0.640. The van der Waals surface area contributed by atoms with Crippen LogP contribution < -0.4 is 5.73 Å².